The average molecular weight is 529 g/mol. The van der Waals surface area contributed by atoms with Crippen LogP contribution in [0.15, 0.2) is 23.8 Å². The Hall–Kier alpha value is -1.95. The SMILES string of the molecule is C[C@H]1CC2C3CCC4=CC(=O)C=C[C@]4(C)[C@@]3(F)[C@@H](O)C[C@]2(C)[C@@]1(O)C(=O)COC(=O)CCS(=O)(=O)O. The highest BCUT2D eigenvalue weighted by atomic mass is 32.2. The number of ether oxygens (including phenoxy) is 1. The van der Waals surface area contributed by atoms with Crippen LogP contribution >= 0.6 is 0 Å². The predicted octanol–water partition coefficient (Wildman–Crippen LogP) is 1.72. The molecule has 3 N–H and O–H groups in total. The third-order valence-electron chi connectivity index (χ3n) is 9.58. The second-order valence-electron chi connectivity index (χ2n) is 11.3. The predicted molar refractivity (Wildman–Crippen MR) is 125 cm³/mol. The summed E-state index contributed by atoms with van der Waals surface area (Å²) in [4.78, 5) is 37.1. The fraction of sp³-hybridized carbons (Fsp3) is 0.720. The van der Waals surface area contributed by atoms with Crippen molar-refractivity contribution in [3.63, 3.8) is 0 Å². The molecule has 200 valence electrons. The standard InChI is InChI=1S/C25H33FO9S/c1-14-10-18-17-5-4-15-11-16(27)6-8-22(15,2)24(17,26)19(28)12-23(18,3)25(14,31)20(29)13-35-21(30)7-9-36(32,33)34/h6,8,11,14,17-19,28,31H,4-5,7,9-10,12-13H2,1-3H3,(H,32,33,34)/t14-,17?,18?,19-,22-,23-,24-,25-/m0/s1. The van der Waals surface area contributed by atoms with Crippen LogP contribution in [0.4, 0.5) is 4.39 Å². The van der Waals surface area contributed by atoms with E-state index in [1.165, 1.54) is 18.2 Å². The molecule has 4 rings (SSSR count). The Bertz CT molecular complexity index is 1160. The summed E-state index contributed by atoms with van der Waals surface area (Å²) < 4.78 is 52.5. The van der Waals surface area contributed by atoms with Crippen molar-refractivity contribution in [2.24, 2.45) is 28.6 Å². The van der Waals surface area contributed by atoms with E-state index in [4.69, 9.17) is 9.29 Å². The lowest BCUT2D eigenvalue weighted by Gasteiger charge is -2.62. The second-order valence-corrected chi connectivity index (χ2v) is 12.9. The van der Waals surface area contributed by atoms with E-state index in [0.29, 0.717) is 24.8 Å². The van der Waals surface area contributed by atoms with Crippen LogP contribution in [0.1, 0.15) is 52.9 Å². The zero-order chi connectivity index (χ0) is 26.9. The van der Waals surface area contributed by atoms with E-state index in [9.17, 15) is 33.0 Å². The molecule has 4 aliphatic rings. The molecule has 0 amide bonds. The minimum absolute atomic E-state index is 0.210. The van der Waals surface area contributed by atoms with Gasteiger partial charge in [0.05, 0.1) is 18.3 Å². The largest absolute Gasteiger partial charge is 0.458 e. The van der Waals surface area contributed by atoms with Gasteiger partial charge in [-0.25, -0.2) is 4.39 Å². The topological polar surface area (TPSA) is 155 Å². The van der Waals surface area contributed by atoms with Crippen LogP contribution in [0.5, 0.6) is 0 Å². The molecular formula is C25H33FO9S. The van der Waals surface area contributed by atoms with Gasteiger partial charge in [0.1, 0.15) is 5.60 Å². The average Bonchev–Trinajstić information content (AvgIpc) is 2.98. The molecule has 9 nitrogen and oxygen atoms in total. The molecule has 8 atom stereocenters. The maximum Gasteiger partial charge on any atom is 0.307 e. The number of aliphatic hydroxyl groups excluding tert-OH is 1. The summed E-state index contributed by atoms with van der Waals surface area (Å²) in [5.74, 6) is -4.68. The second kappa shape index (κ2) is 8.54. The first kappa shape index (κ1) is 27.1. The number of aliphatic hydroxyl groups is 2. The number of Topliss-reactive ketones (excluding diaryl/α,β-unsaturated/α-hetero) is 1. The maximum atomic E-state index is 17.1. The van der Waals surface area contributed by atoms with Crippen LogP contribution in [0.3, 0.4) is 0 Å². The van der Waals surface area contributed by atoms with Gasteiger partial charge in [0.25, 0.3) is 10.1 Å². The van der Waals surface area contributed by atoms with Crippen molar-refractivity contribution in [2.45, 2.75) is 70.2 Å². The quantitative estimate of drug-likeness (QED) is 0.345. The first-order valence-corrected chi connectivity index (χ1v) is 13.8. The van der Waals surface area contributed by atoms with E-state index in [2.05, 4.69) is 0 Å². The minimum Gasteiger partial charge on any atom is -0.458 e. The molecule has 2 unspecified atom stereocenters. The molecule has 0 radical (unpaired) electrons. The molecule has 0 aromatic carbocycles. The Labute approximate surface area is 209 Å². The van der Waals surface area contributed by atoms with Gasteiger partial charge in [-0.1, -0.05) is 25.5 Å². The van der Waals surface area contributed by atoms with E-state index in [1.54, 1.807) is 20.8 Å². The number of hydrogen-bond acceptors (Lipinski definition) is 8. The summed E-state index contributed by atoms with van der Waals surface area (Å²) in [7, 11) is -4.39. The fourth-order valence-corrected chi connectivity index (χ4v) is 8.11. The summed E-state index contributed by atoms with van der Waals surface area (Å²) in [6.45, 7) is 4.20. The number of carbonyl (C=O) groups is 3. The number of rotatable bonds is 6. The van der Waals surface area contributed by atoms with Crippen molar-refractivity contribution < 1.29 is 46.7 Å². The summed E-state index contributed by atoms with van der Waals surface area (Å²) >= 11 is 0. The van der Waals surface area contributed by atoms with Gasteiger partial charge in [0.15, 0.2) is 18.1 Å². The third kappa shape index (κ3) is 3.73. The molecule has 0 aromatic heterocycles. The Morgan fingerprint density at radius 1 is 1.25 bits per heavy atom. The number of allylic oxidation sites excluding steroid dienone is 4. The van der Waals surface area contributed by atoms with E-state index >= 15 is 4.39 Å². The zero-order valence-electron chi connectivity index (χ0n) is 20.6. The van der Waals surface area contributed by atoms with Crippen molar-refractivity contribution >= 4 is 27.7 Å². The van der Waals surface area contributed by atoms with E-state index in [-0.39, 0.29) is 12.2 Å². The smallest absolute Gasteiger partial charge is 0.307 e. The van der Waals surface area contributed by atoms with Crippen molar-refractivity contribution in [1.82, 2.24) is 0 Å². The summed E-state index contributed by atoms with van der Waals surface area (Å²) in [5.41, 5.74) is -5.89. The van der Waals surface area contributed by atoms with Crippen molar-refractivity contribution in [3.8, 4) is 0 Å². The number of ketones is 2. The Morgan fingerprint density at radius 2 is 1.92 bits per heavy atom. The van der Waals surface area contributed by atoms with Gasteiger partial charge in [-0.05, 0) is 56.6 Å². The van der Waals surface area contributed by atoms with Gasteiger partial charge >= 0.3 is 5.97 Å². The van der Waals surface area contributed by atoms with Crippen molar-refractivity contribution in [3.05, 3.63) is 23.8 Å². The summed E-state index contributed by atoms with van der Waals surface area (Å²) in [5, 5.41) is 23.1. The van der Waals surface area contributed by atoms with Gasteiger partial charge in [-0.3, -0.25) is 18.9 Å². The number of carbonyl (C=O) groups excluding carboxylic acids is 3. The molecule has 4 aliphatic carbocycles. The van der Waals surface area contributed by atoms with Gasteiger partial charge in [-0.15, -0.1) is 0 Å². The van der Waals surface area contributed by atoms with Gasteiger partial charge < -0.3 is 14.9 Å². The molecule has 3 fully saturated rings. The number of alkyl halides is 1. The Kier molecular flexibility index (Phi) is 6.43. The summed E-state index contributed by atoms with van der Waals surface area (Å²) in [6.07, 6.45) is 3.01. The summed E-state index contributed by atoms with van der Waals surface area (Å²) in [6, 6.07) is 0. The molecule has 0 spiro atoms. The molecule has 0 aliphatic heterocycles. The minimum atomic E-state index is -4.39. The normalized spacial score (nSPS) is 43.8. The van der Waals surface area contributed by atoms with Crippen LogP contribution in [0.2, 0.25) is 0 Å². The molecular weight excluding hydrogens is 495 g/mol. The van der Waals surface area contributed by atoms with Crippen molar-refractivity contribution in [1.29, 1.82) is 0 Å². The fourth-order valence-electron chi connectivity index (χ4n) is 7.68. The van der Waals surface area contributed by atoms with Crippen LogP contribution in [-0.2, 0) is 29.2 Å². The molecule has 36 heavy (non-hydrogen) atoms. The van der Waals surface area contributed by atoms with Gasteiger partial charge in [0.2, 0.25) is 5.78 Å². The lowest BCUT2D eigenvalue weighted by atomic mass is 9.44. The zero-order valence-corrected chi connectivity index (χ0v) is 21.4. The molecule has 0 heterocycles. The molecule has 11 heteroatoms. The highest BCUT2D eigenvalue weighted by molar-refractivity contribution is 7.85. The van der Waals surface area contributed by atoms with E-state index in [0.717, 1.165) is 0 Å². The monoisotopic (exact) mass is 528 g/mol. The molecule has 0 bridgehead atoms. The van der Waals surface area contributed by atoms with E-state index < -0.39 is 86.6 Å². The Balaban J connectivity index is 1.61. The first-order valence-electron chi connectivity index (χ1n) is 12.2. The molecule has 0 saturated heterocycles. The van der Waals surface area contributed by atoms with Crippen LogP contribution in [0.25, 0.3) is 0 Å². The van der Waals surface area contributed by atoms with Crippen LogP contribution in [-0.4, -0.2) is 70.5 Å². The van der Waals surface area contributed by atoms with Crippen LogP contribution < -0.4 is 0 Å². The van der Waals surface area contributed by atoms with Crippen LogP contribution in [0, 0.1) is 28.6 Å². The van der Waals surface area contributed by atoms with E-state index in [1.807, 2.05) is 0 Å². The highest BCUT2D eigenvalue weighted by Crippen LogP contribution is 2.70. The lowest BCUT2D eigenvalue weighted by Crippen LogP contribution is -2.69. The number of esters is 1. The first-order chi connectivity index (χ1) is 16.5. The van der Waals surface area contributed by atoms with Crippen molar-refractivity contribution in [2.75, 3.05) is 12.4 Å². The van der Waals surface area contributed by atoms with Gasteiger partial charge in [0, 0.05) is 16.7 Å². The molecule has 3 saturated carbocycles. The third-order valence-corrected chi connectivity index (χ3v) is 10.3. The Morgan fingerprint density at radius 3 is 2.56 bits per heavy atom. The number of fused-ring (bicyclic) bond motifs is 5. The highest BCUT2D eigenvalue weighted by Gasteiger charge is 2.75. The number of hydrogen-bond donors (Lipinski definition) is 3. The molecule has 0 aromatic rings. The lowest BCUT2D eigenvalue weighted by molar-refractivity contribution is -0.220. The maximum absolute atomic E-state index is 17.1. The number of halogens is 1. The van der Waals surface area contributed by atoms with Gasteiger partial charge in [-0.2, -0.15) is 8.42 Å².